The van der Waals surface area contributed by atoms with Crippen LogP contribution in [0.2, 0.25) is 0 Å². The maximum atomic E-state index is 13.4. The molecule has 0 aliphatic carbocycles. The number of hydrogen-bond acceptors (Lipinski definition) is 3. The highest BCUT2D eigenvalue weighted by molar-refractivity contribution is 9.10. The van der Waals surface area contributed by atoms with E-state index in [1.807, 2.05) is 0 Å². The summed E-state index contributed by atoms with van der Waals surface area (Å²) in [5.41, 5.74) is 8.02. The fourth-order valence-corrected chi connectivity index (χ4v) is 1.56. The number of nitrogens with one attached hydrogen (secondary N) is 1. The predicted molar refractivity (Wildman–Crippen MR) is 68.2 cm³/mol. The summed E-state index contributed by atoms with van der Waals surface area (Å²) in [5.74, 6) is -0.370. The maximum Gasteiger partial charge on any atom is 0.184 e. The molecule has 0 aromatic heterocycles. The van der Waals surface area contributed by atoms with Gasteiger partial charge in [-0.15, -0.1) is 0 Å². The van der Waals surface area contributed by atoms with Gasteiger partial charge in [0, 0.05) is 10.0 Å². The topological polar surface area (TPSA) is 59.6 Å². The van der Waals surface area contributed by atoms with E-state index in [0.29, 0.717) is 10.0 Å². The monoisotopic (exact) mass is 305 g/mol. The SMILES string of the molecule is COc1c(F)cc(Br)cc1C=NNC(N)=S. The van der Waals surface area contributed by atoms with E-state index in [4.69, 9.17) is 10.5 Å². The Kier molecular flexibility index (Phi) is 4.63. The number of halogens is 2. The van der Waals surface area contributed by atoms with Gasteiger partial charge in [-0.3, -0.25) is 5.43 Å². The molecule has 1 rings (SSSR count). The van der Waals surface area contributed by atoms with Crippen molar-refractivity contribution in [3.05, 3.63) is 28.0 Å². The van der Waals surface area contributed by atoms with Crippen molar-refractivity contribution in [2.24, 2.45) is 10.8 Å². The summed E-state index contributed by atoms with van der Waals surface area (Å²) in [5, 5.41) is 3.76. The zero-order valence-electron chi connectivity index (χ0n) is 8.33. The van der Waals surface area contributed by atoms with E-state index >= 15 is 0 Å². The molecule has 3 N–H and O–H groups in total. The number of ether oxygens (including phenoxy) is 1. The van der Waals surface area contributed by atoms with Gasteiger partial charge in [0.1, 0.15) is 0 Å². The molecule has 7 heteroatoms. The van der Waals surface area contributed by atoms with Gasteiger partial charge in [0.15, 0.2) is 16.7 Å². The van der Waals surface area contributed by atoms with Crippen molar-refractivity contribution in [3.63, 3.8) is 0 Å². The number of thiocarbonyl (C=S) groups is 1. The minimum absolute atomic E-state index is 0.0330. The first-order valence-electron chi connectivity index (χ1n) is 4.16. The lowest BCUT2D eigenvalue weighted by Gasteiger charge is -2.06. The molecule has 0 spiro atoms. The molecule has 0 radical (unpaired) electrons. The van der Waals surface area contributed by atoms with Crippen molar-refractivity contribution in [3.8, 4) is 5.75 Å². The molecule has 0 atom stereocenters. The third-order valence-corrected chi connectivity index (χ3v) is 2.17. The van der Waals surface area contributed by atoms with Gasteiger partial charge in [-0.2, -0.15) is 5.10 Å². The number of hydrogen-bond donors (Lipinski definition) is 2. The second-order valence-electron chi connectivity index (χ2n) is 2.74. The molecule has 0 aliphatic heterocycles. The Hall–Kier alpha value is -1.21. The van der Waals surface area contributed by atoms with Crippen molar-refractivity contribution < 1.29 is 9.13 Å². The minimum Gasteiger partial charge on any atom is -0.493 e. The van der Waals surface area contributed by atoms with Gasteiger partial charge < -0.3 is 10.5 Å². The number of methoxy groups -OCH3 is 1. The van der Waals surface area contributed by atoms with Crippen LogP contribution in [0.5, 0.6) is 5.75 Å². The average molecular weight is 306 g/mol. The van der Waals surface area contributed by atoms with Crippen LogP contribution in [-0.2, 0) is 0 Å². The van der Waals surface area contributed by atoms with E-state index in [1.54, 1.807) is 6.07 Å². The molecule has 0 amide bonds. The summed E-state index contributed by atoms with van der Waals surface area (Å²) >= 11 is 7.73. The Balaban J connectivity index is 3.02. The summed E-state index contributed by atoms with van der Waals surface area (Å²) in [7, 11) is 1.38. The molecule has 0 aliphatic rings. The Labute approximate surface area is 106 Å². The Morgan fingerprint density at radius 2 is 2.38 bits per heavy atom. The van der Waals surface area contributed by atoms with Gasteiger partial charge in [-0.1, -0.05) is 15.9 Å². The first-order chi connectivity index (χ1) is 7.54. The number of hydrazone groups is 1. The third-order valence-electron chi connectivity index (χ3n) is 1.62. The van der Waals surface area contributed by atoms with Crippen molar-refractivity contribution in [2.45, 2.75) is 0 Å². The van der Waals surface area contributed by atoms with Crippen LogP contribution in [-0.4, -0.2) is 18.4 Å². The first kappa shape index (κ1) is 12.9. The third kappa shape index (κ3) is 3.42. The lowest BCUT2D eigenvalue weighted by atomic mass is 10.2. The smallest absolute Gasteiger partial charge is 0.184 e. The quantitative estimate of drug-likeness (QED) is 0.507. The van der Waals surface area contributed by atoms with E-state index in [2.05, 4.69) is 38.7 Å². The van der Waals surface area contributed by atoms with Crippen LogP contribution in [0.3, 0.4) is 0 Å². The van der Waals surface area contributed by atoms with Gasteiger partial charge in [0.05, 0.1) is 13.3 Å². The Bertz CT molecular complexity index is 439. The zero-order valence-corrected chi connectivity index (χ0v) is 10.7. The van der Waals surface area contributed by atoms with Gasteiger partial charge >= 0.3 is 0 Å². The molecule has 0 bridgehead atoms. The highest BCUT2D eigenvalue weighted by atomic mass is 79.9. The van der Waals surface area contributed by atoms with Crippen LogP contribution < -0.4 is 15.9 Å². The summed E-state index contributed by atoms with van der Waals surface area (Å²) in [4.78, 5) is 0. The van der Waals surface area contributed by atoms with Gasteiger partial charge in [-0.05, 0) is 24.4 Å². The van der Waals surface area contributed by atoms with E-state index in [1.165, 1.54) is 19.4 Å². The highest BCUT2D eigenvalue weighted by Crippen LogP contribution is 2.25. The fourth-order valence-electron chi connectivity index (χ4n) is 1.06. The second-order valence-corrected chi connectivity index (χ2v) is 4.10. The summed E-state index contributed by atoms with van der Waals surface area (Å²) < 4.78 is 18.9. The molecular formula is C9H9BrFN3OS. The van der Waals surface area contributed by atoms with Crippen LogP contribution in [0.1, 0.15) is 5.56 Å². The highest BCUT2D eigenvalue weighted by Gasteiger charge is 2.09. The molecule has 1 aromatic carbocycles. The van der Waals surface area contributed by atoms with Crippen molar-refractivity contribution >= 4 is 39.5 Å². The largest absolute Gasteiger partial charge is 0.493 e. The van der Waals surface area contributed by atoms with E-state index < -0.39 is 5.82 Å². The average Bonchev–Trinajstić information content (AvgIpc) is 2.16. The van der Waals surface area contributed by atoms with Crippen molar-refractivity contribution in [2.75, 3.05) is 7.11 Å². The molecular weight excluding hydrogens is 297 g/mol. The molecule has 86 valence electrons. The normalized spacial score (nSPS) is 10.4. The van der Waals surface area contributed by atoms with Crippen LogP contribution in [0.4, 0.5) is 4.39 Å². The molecule has 0 fully saturated rings. The zero-order chi connectivity index (χ0) is 12.1. The lowest BCUT2D eigenvalue weighted by molar-refractivity contribution is 0.385. The first-order valence-corrected chi connectivity index (χ1v) is 5.36. The molecule has 16 heavy (non-hydrogen) atoms. The standard InChI is InChI=1S/C9H9BrFN3OS/c1-15-8-5(4-13-14-9(12)16)2-6(10)3-7(8)11/h2-4H,1H3,(H3,12,14,16). The molecule has 0 saturated heterocycles. The van der Waals surface area contributed by atoms with E-state index in [9.17, 15) is 4.39 Å². The van der Waals surface area contributed by atoms with Gasteiger partial charge in [0.2, 0.25) is 0 Å². The van der Waals surface area contributed by atoms with Crippen LogP contribution in [0, 0.1) is 5.82 Å². The molecule has 4 nitrogen and oxygen atoms in total. The van der Waals surface area contributed by atoms with Gasteiger partial charge in [-0.25, -0.2) is 4.39 Å². The summed E-state index contributed by atoms with van der Waals surface area (Å²) in [6.45, 7) is 0. The summed E-state index contributed by atoms with van der Waals surface area (Å²) in [6, 6.07) is 2.96. The number of benzene rings is 1. The van der Waals surface area contributed by atoms with Crippen molar-refractivity contribution in [1.29, 1.82) is 0 Å². The second kappa shape index (κ2) is 5.76. The van der Waals surface area contributed by atoms with Crippen LogP contribution in [0.25, 0.3) is 0 Å². The molecule has 0 saturated carbocycles. The molecule has 1 aromatic rings. The number of nitrogens with zero attached hydrogens (tertiary/aromatic N) is 1. The predicted octanol–water partition coefficient (Wildman–Crippen LogP) is 1.76. The Morgan fingerprint density at radius 1 is 1.69 bits per heavy atom. The Morgan fingerprint density at radius 3 is 2.94 bits per heavy atom. The molecule has 0 heterocycles. The van der Waals surface area contributed by atoms with E-state index in [-0.39, 0.29) is 10.9 Å². The van der Waals surface area contributed by atoms with E-state index in [0.717, 1.165) is 0 Å². The number of rotatable bonds is 3. The van der Waals surface area contributed by atoms with Crippen LogP contribution in [0.15, 0.2) is 21.7 Å². The van der Waals surface area contributed by atoms with Crippen molar-refractivity contribution in [1.82, 2.24) is 5.43 Å². The van der Waals surface area contributed by atoms with Crippen LogP contribution >= 0.6 is 28.1 Å². The minimum atomic E-state index is -0.478. The fraction of sp³-hybridized carbons (Fsp3) is 0.111. The molecule has 0 unspecified atom stereocenters. The maximum absolute atomic E-state index is 13.4. The van der Waals surface area contributed by atoms with Gasteiger partial charge in [0.25, 0.3) is 0 Å². The lowest BCUT2D eigenvalue weighted by Crippen LogP contribution is -2.24. The summed E-state index contributed by atoms with van der Waals surface area (Å²) in [6.07, 6.45) is 1.37. The number of nitrogens with two attached hydrogens (primary N) is 1.